The van der Waals surface area contributed by atoms with Crippen LogP contribution in [-0.4, -0.2) is 0 Å². The van der Waals surface area contributed by atoms with E-state index in [4.69, 9.17) is 0 Å². The van der Waals surface area contributed by atoms with Gasteiger partial charge in [0.2, 0.25) is 0 Å². The Bertz CT molecular complexity index is 5710. The van der Waals surface area contributed by atoms with Crippen molar-refractivity contribution in [1.82, 2.24) is 0 Å². The van der Waals surface area contributed by atoms with Gasteiger partial charge in [-0.2, -0.15) is 0 Å². The summed E-state index contributed by atoms with van der Waals surface area (Å²) >= 11 is 0. The Morgan fingerprint density at radius 1 is 0.120 bits per heavy atom. The molecule has 0 N–H and O–H groups in total. The minimum atomic E-state index is 1.20. The maximum absolute atomic E-state index is 2.59. The van der Waals surface area contributed by atoms with Crippen LogP contribution in [0.15, 0.2) is 315 Å². The Balaban J connectivity index is 0.969. The molecule has 0 heteroatoms. The summed E-state index contributed by atoms with van der Waals surface area (Å²) < 4.78 is 0. The van der Waals surface area contributed by atoms with Crippen LogP contribution in [0.25, 0.3) is 218 Å². The molecular formula is C92H52. The predicted molar refractivity (Wildman–Crippen MR) is 396 cm³/mol. The van der Waals surface area contributed by atoms with Crippen LogP contribution in [0.5, 0.6) is 0 Å². The monoisotopic (exact) mass is 1160 g/mol. The molecule has 21 aromatic rings. The minimum absolute atomic E-state index is 1.20. The maximum Gasteiger partial charge on any atom is -0.000136 e. The van der Waals surface area contributed by atoms with Gasteiger partial charge in [0.15, 0.2) is 0 Å². The molecule has 0 bridgehead atoms. The first-order chi connectivity index (χ1) is 45.7. The van der Waals surface area contributed by atoms with Crippen LogP contribution in [0.2, 0.25) is 0 Å². The molecule has 0 saturated heterocycles. The fraction of sp³-hybridized carbons (Fsp3) is 0. The highest BCUT2D eigenvalue weighted by Crippen LogP contribution is 2.61. The highest BCUT2D eigenvalue weighted by Gasteiger charge is 2.33. The summed E-state index contributed by atoms with van der Waals surface area (Å²) in [6.45, 7) is 0. The van der Waals surface area contributed by atoms with Gasteiger partial charge in [-0.25, -0.2) is 0 Å². The van der Waals surface area contributed by atoms with Crippen molar-refractivity contribution in [2.45, 2.75) is 0 Å². The molecule has 21 aromatic carbocycles. The molecule has 0 nitrogen and oxygen atoms in total. The van der Waals surface area contributed by atoms with E-state index in [0.29, 0.717) is 0 Å². The standard InChI is InChI=1S/C92H52/c1-9-25-53(26-10-1)65-49-69-70(50-66(65)54-27-11-2-12-28-54)78(58-35-19-6-20-36-58)88-74-46-62-43-44-64-48-76-86-75(47-63-42-41-61-45-73(87(88)77(69)57-33-17-5-18-34-57)85(74)91-81(61)83(63)92(86)84(64)82(62)91)89-79(59-37-21-7-22-38-59)71-51-67(55-29-13-3-14-30-55)68(56-31-15-4-16-32-56)52-72(71)80(90(76)89)60-39-23-8-24-40-60/h1-52H. The molecular weight excluding hydrogens is 1110 g/mol. The van der Waals surface area contributed by atoms with Crippen LogP contribution >= 0.6 is 0 Å². The lowest BCUT2D eigenvalue weighted by molar-refractivity contribution is 1.60. The van der Waals surface area contributed by atoms with Crippen molar-refractivity contribution >= 4 is 129 Å². The van der Waals surface area contributed by atoms with E-state index < -0.39 is 0 Å². The third-order valence-corrected chi connectivity index (χ3v) is 20.9. The Kier molecular flexibility index (Phi) is 10.2. The number of rotatable bonds is 8. The molecule has 0 aliphatic carbocycles. The molecule has 0 aliphatic heterocycles. The summed E-state index contributed by atoms with van der Waals surface area (Å²) in [5.41, 5.74) is 19.7. The molecule has 0 heterocycles. The Morgan fingerprint density at radius 3 is 0.500 bits per heavy atom. The van der Waals surface area contributed by atoms with Gasteiger partial charge in [0.05, 0.1) is 0 Å². The van der Waals surface area contributed by atoms with Gasteiger partial charge >= 0.3 is 0 Å². The average molecular weight is 1160 g/mol. The maximum atomic E-state index is 2.59. The van der Waals surface area contributed by atoms with E-state index in [-0.39, 0.29) is 0 Å². The highest BCUT2D eigenvalue weighted by atomic mass is 14.3. The van der Waals surface area contributed by atoms with Gasteiger partial charge in [0.1, 0.15) is 0 Å². The SMILES string of the molecule is c1ccc(-c2cc3c(-c4ccccc4)c4c5cc6ccc7cc8c9c(-c%10ccccc%10)c%10cc(-c%11ccccc%11)c(-c%11ccccc%11)cc%10c(-c%10ccccc%10)c9c9cc%10ccc%11cc(c4c(-c4ccccc4)c3cc2-c2ccccc2)c5c2c6c7c(c89)c%10c%112)cc1. The van der Waals surface area contributed by atoms with Crippen LogP contribution in [0.1, 0.15) is 0 Å². The van der Waals surface area contributed by atoms with E-state index >= 15 is 0 Å². The van der Waals surface area contributed by atoms with Crippen LogP contribution in [0, 0.1) is 0 Å². The van der Waals surface area contributed by atoms with Crippen molar-refractivity contribution < 1.29 is 0 Å². The quantitative estimate of drug-likeness (QED) is 0.105. The van der Waals surface area contributed by atoms with Gasteiger partial charge in [-0.1, -0.05) is 267 Å². The molecule has 92 heavy (non-hydrogen) atoms. The second-order valence-corrected chi connectivity index (χ2v) is 25.5. The Morgan fingerprint density at radius 2 is 0.304 bits per heavy atom. The summed E-state index contributed by atoms with van der Waals surface area (Å²) in [6.07, 6.45) is 0. The van der Waals surface area contributed by atoms with Crippen molar-refractivity contribution in [3.8, 4) is 89.0 Å². The smallest absolute Gasteiger partial charge is 0.000136 e. The van der Waals surface area contributed by atoms with E-state index in [1.54, 1.807) is 0 Å². The highest BCUT2D eigenvalue weighted by molar-refractivity contribution is 6.56. The first-order valence-corrected chi connectivity index (χ1v) is 32.2. The molecule has 21 rings (SSSR count). The first kappa shape index (κ1) is 50.0. The fourth-order valence-electron chi connectivity index (χ4n) is 17.3. The molecule has 0 amide bonds. The van der Waals surface area contributed by atoms with Gasteiger partial charge in [0, 0.05) is 0 Å². The largest absolute Gasteiger partial charge is 0.0622 e. The molecule has 0 spiro atoms. The first-order valence-electron chi connectivity index (χ1n) is 32.2. The molecule has 0 radical (unpaired) electrons. The summed E-state index contributed by atoms with van der Waals surface area (Å²) in [5, 5.41) is 31.5. The fourth-order valence-corrected chi connectivity index (χ4v) is 17.3. The van der Waals surface area contributed by atoms with Crippen LogP contribution < -0.4 is 0 Å². The number of benzene rings is 19. The van der Waals surface area contributed by atoms with Crippen molar-refractivity contribution in [1.29, 1.82) is 0 Å². The summed E-state index contributed by atoms with van der Waals surface area (Å²) in [5.74, 6) is 0. The van der Waals surface area contributed by atoms with E-state index in [2.05, 4.69) is 315 Å². The second kappa shape index (κ2) is 18.8. The van der Waals surface area contributed by atoms with Gasteiger partial charge in [-0.3, -0.25) is 0 Å². The lowest BCUT2D eigenvalue weighted by Gasteiger charge is -2.21. The third-order valence-electron chi connectivity index (χ3n) is 20.9. The van der Waals surface area contributed by atoms with Gasteiger partial charge in [-0.05, 0) is 267 Å². The number of hydrogen-bond acceptors (Lipinski definition) is 0. The van der Waals surface area contributed by atoms with E-state index in [0.717, 1.165) is 0 Å². The van der Waals surface area contributed by atoms with Gasteiger partial charge in [-0.15, -0.1) is 0 Å². The topological polar surface area (TPSA) is 0 Å². The predicted octanol–water partition coefficient (Wildman–Crippen LogP) is 26.1. The van der Waals surface area contributed by atoms with E-state index in [1.807, 2.05) is 0 Å². The van der Waals surface area contributed by atoms with E-state index in [1.165, 1.54) is 218 Å². The summed E-state index contributed by atoms with van der Waals surface area (Å²) in [4.78, 5) is 0. The minimum Gasteiger partial charge on any atom is -0.0622 e. The second-order valence-electron chi connectivity index (χ2n) is 25.5. The zero-order valence-electron chi connectivity index (χ0n) is 50.0. The lowest BCUT2D eigenvalue weighted by atomic mass is 9.81. The van der Waals surface area contributed by atoms with Crippen molar-refractivity contribution in [3.63, 3.8) is 0 Å². The zero-order chi connectivity index (χ0) is 59.9. The molecule has 0 fully saturated rings. The van der Waals surface area contributed by atoms with Crippen molar-refractivity contribution in [2.75, 3.05) is 0 Å². The Hall–Kier alpha value is -12.0. The molecule has 0 saturated carbocycles. The van der Waals surface area contributed by atoms with Crippen molar-refractivity contribution in [3.05, 3.63) is 315 Å². The van der Waals surface area contributed by atoms with Gasteiger partial charge < -0.3 is 0 Å². The molecule has 0 aliphatic rings. The van der Waals surface area contributed by atoms with E-state index in [9.17, 15) is 0 Å². The molecule has 0 atom stereocenters. The molecule has 0 aromatic heterocycles. The molecule has 420 valence electrons. The summed E-state index contributed by atoms with van der Waals surface area (Å²) in [7, 11) is 0. The van der Waals surface area contributed by atoms with Crippen LogP contribution in [-0.2, 0) is 0 Å². The zero-order valence-corrected chi connectivity index (χ0v) is 50.0. The summed E-state index contributed by atoms with van der Waals surface area (Å²) in [6, 6.07) is 119. The average Bonchev–Trinajstić information content (AvgIpc) is 1.41. The van der Waals surface area contributed by atoms with Gasteiger partial charge in [0.25, 0.3) is 0 Å². The number of hydrogen-bond donors (Lipinski definition) is 0. The Labute approximate surface area is 530 Å². The molecule has 0 unspecified atom stereocenters. The lowest BCUT2D eigenvalue weighted by Crippen LogP contribution is -1.93. The van der Waals surface area contributed by atoms with Crippen LogP contribution in [0.3, 0.4) is 0 Å². The normalized spacial score (nSPS) is 12.3. The third kappa shape index (κ3) is 6.75. The van der Waals surface area contributed by atoms with Crippen LogP contribution in [0.4, 0.5) is 0 Å². The number of fused-ring (bicyclic) bond motifs is 8. The van der Waals surface area contributed by atoms with Crippen molar-refractivity contribution in [2.24, 2.45) is 0 Å².